The molecule has 2 aromatic carbocycles. The molecule has 2 aliphatic heterocycles. The third-order valence-corrected chi connectivity index (χ3v) is 7.77. The molecule has 174 valence electrons. The molecule has 0 spiro atoms. The van der Waals surface area contributed by atoms with Crippen molar-refractivity contribution in [3.05, 3.63) is 70.7 Å². The van der Waals surface area contributed by atoms with Crippen molar-refractivity contribution < 1.29 is 23.8 Å². The number of benzene rings is 2. The molecule has 0 radical (unpaired) electrons. The second kappa shape index (κ2) is 8.43. The minimum atomic E-state index is -0.491. The first-order chi connectivity index (χ1) is 16.6. The maximum Gasteiger partial charge on any atom is 0.328 e. The summed E-state index contributed by atoms with van der Waals surface area (Å²) < 4.78 is 17.1. The molecular formula is C26H24N2O5S. The molecule has 3 aliphatic rings. The molecule has 7 nitrogen and oxygen atoms in total. The number of nitrogens with zero attached hydrogens (tertiary/aromatic N) is 2. The zero-order chi connectivity index (χ0) is 23.2. The number of esters is 1. The summed E-state index contributed by atoms with van der Waals surface area (Å²) >= 11 is 1.19. The van der Waals surface area contributed by atoms with E-state index in [0.29, 0.717) is 28.3 Å². The maximum absolute atomic E-state index is 13.1. The van der Waals surface area contributed by atoms with Gasteiger partial charge in [0.1, 0.15) is 28.5 Å². The fraction of sp³-hybridized carbons (Fsp3) is 0.346. The van der Waals surface area contributed by atoms with Gasteiger partial charge in [0.25, 0.3) is 11.1 Å². The summed E-state index contributed by atoms with van der Waals surface area (Å²) in [4.78, 5) is 31.6. The average Bonchev–Trinajstić information content (AvgIpc) is 3.30. The van der Waals surface area contributed by atoms with Crippen LogP contribution < -0.4 is 9.47 Å². The summed E-state index contributed by atoms with van der Waals surface area (Å²) in [5.41, 5.74) is 2.27. The highest BCUT2D eigenvalue weighted by molar-refractivity contribution is 7.15. The van der Waals surface area contributed by atoms with Gasteiger partial charge < -0.3 is 19.1 Å². The summed E-state index contributed by atoms with van der Waals surface area (Å²) in [5.74, 6) is 1.61. The zero-order valence-electron chi connectivity index (χ0n) is 18.7. The number of fused-ring (bicyclic) bond motifs is 2. The third-order valence-electron chi connectivity index (χ3n) is 6.90. The van der Waals surface area contributed by atoms with E-state index in [0.717, 1.165) is 30.6 Å². The van der Waals surface area contributed by atoms with Crippen LogP contribution in [0.15, 0.2) is 54.7 Å². The number of ether oxygens (including phenoxy) is 3. The van der Waals surface area contributed by atoms with E-state index in [1.807, 2.05) is 36.4 Å². The van der Waals surface area contributed by atoms with Crippen molar-refractivity contribution in [3.63, 3.8) is 0 Å². The second-order valence-corrected chi connectivity index (χ2v) is 10.00. The SMILES string of the molecule is COC(=O)[C@@H]1[C@@H]2C[C@@H]2CN1C(=O)c1cnc(Oc2ccc3c(c2)CCC(c2ccccc2)O3)s1. The molecule has 1 unspecified atom stereocenters. The molecule has 8 heteroatoms. The Morgan fingerprint density at radius 2 is 2.03 bits per heavy atom. The van der Waals surface area contributed by atoms with Gasteiger partial charge in [-0.2, -0.15) is 0 Å². The van der Waals surface area contributed by atoms with Gasteiger partial charge in [-0.05, 0) is 60.4 Å². The Morgan fingerprint density at radius 3 is 2.85 bits per heavy atom. The van der Waals surface area contributed by atoms with Crippen molar-refractivity contribution in [1.29, 1.82) is 0 Å². The highest BCUT2D eigenvalue weighted by Crippen LogP contribution is 2.50. The predicted molar refractivity (Wildman–Crippen MR) is 125 cm³/mol. The number of amides is 1. The number of rotatable bonds is 5. The Balaban J connectivity index is 1.14. The molecule has 3 heterocycles. The van der Waals surface area contributed by atoms with Gasteiger partial charge in [0.05, 0.1) is 13.3 Å². The van der Waals surface area contributed by atoms with E-state index >= 15 is 0 Å². The predicted octanol–water partition coefficient (Wildman–Crippen LogP) is 4.64. The number of aryl methyl sites for hydroxylation is 1. The standard InChI is InChI=1S/C26H24N2O5S/c1-31-25(30)23-19-12-17(19)14-28(23)24(29)22-13-27-26(34-22)32-18-8-10-21-16(11-18)7-9-20(33-21)15-5-3-2-4-6-15/h2-6,8,10-11,13,17,19-20,23H,7,9,12,14H2,1H3/t17-,19-,20?,23+/m1/s1. The Morgan fingerprint density at radius 1 is 1.18 bits per heavy atom. The Labute approximate surface area is 201 Å². The molecule has 1 saturated carbocycles. The average molecular weight is 477 g/mol. The smallest absolute Gasteiger partial charge is 0.328 e. The number of methoxy groups -OCH3 is 1. The maximum atomic E-state index is 13.1. The normalized spacial score (nSPS) is 24.6. The minimum Gasteiger partial charge on any atom is -0.485 e. The van der Waals surface area contributed by atoms with Gasteiger partial charge in [0.2, 0.25) is 0 Å². The number of carbonyl (C=O) groups excluding carboxylic acids is 2. The first-order valence-corrected chi connectivity index (χ1v) is 12.3. The molecule has 2 fully saturated rings. The molecule has 0 N–H and O–H groups in total. The van der Waals surface area contributed by atoms with E-state index in [2.05, 4.69) is 17.1 Å². The number of thiazole rings is 1. The lowest BCUT2D eigenvalue weighted by Gasteiger charge is -2.26. The summed E-state index contributed by atoms with van der Waals surface area (Å²) in [6.07, 6.45) is 4.34. The summed E-state index contributed by atoms with van der Waals surface area (Å²) in [6, 6.07) is 15.5. The van der Waals surface area contributed by atoms with E-state index in [1.165, 1.54) is 30.2 Å². The van der Waals surface area contributed by atoms with Crippen LogP contribution in [0.1, 0.15) is 39.7 Å². The van der Waals surface area contributed by atoms with Crippen molar-refractivity contribution in [2.75, 3.05) is 13.7 Å². The topological polar surface area (TPSA) is 78.0 Å². The van der Waals surface area contributed by atoms with Crippen LogP contribution in [0.5, 0.6) is 16.7 Å². The van der Waals surface area contributed by atoms with Crippen LogP contribution in [-0.4, -0.2) is 41.5 Å². The lowest BCUT2D eigenvalue weighted by atomic mass is 9.97. The lowest BCUT2D eigenvalue weighted by Crippen LogP contribution is -2.43. The van der Waals surface area contributed by atoms with Crippen LogP contribution in [0.25, 0.3) is 0 Å². The van der Waals surface area contributed by atoms with Gasteiger partial charge in [-0.25, -0.2) is 9.78 Å². The van der Waals surface area contributed by atoms with Crippen LogP contribution >= 0.6 is 11.3 Å². The lowest BCUT2D eigenvalue weighted by molar-refractivity contribution is -0.145. The number of likely N-dealkylation sites (tertiary alicyclic amines) is 1. The largest absolute Gasteiger partial charge is 0.485 e. The van der Waals surface area contributed by atoms with Crippen LogP contribution in [0.2, 0.25) is 0 Å². The van der Waals surface area contributed by atoms with Crippen LogP contribution in [-0.2, 0) is 16.0 Å². The number of piperidine rings is 1. The fourth-order valence-electron chi connectivity index (χ4n) is 5.07. The van der Waals surface area contributed by atoms with E-state index in [-0.39, 0.29) is 23.9 Å². The number of hydrogen-bond acceptors (Lipinski definition) is 7. The van der Waals surface area contributed by atoms with Crippen molar-refractivity contribution in [2.24, 2.45) is 11.8 Å². The van der Waals surface area contributed by atoms with Crippen LogP contribution in [0.3, 0.4) is 0 Å². The Kier molecular flexibility index (Phi) is 5.25. The Hall–Kier alpha value is -3.39. The summed E-state index contributed by atoms with van der Waals surface area (Å²) in [7, 11) is 1.37. The minimum absolute atomic E-state index is 0.0541. The van der Waals surface area contributed by atoms with Crippen LogP contribution in [0.4, 0.5) is 0 Å². The van der Waals surface area contributed by atoms with E-state index < -0.39 is 6.04 Å². The van der Waals surface area contributed by atoms with Gasteiger partial charge in [-0.3, -0.25) is 4.79 Å². The molecule has 1 saturated heterocycles. The van der Waals surface area contributed by atoms with Gasteiger partial charge in [-0.15, -0.1) is 0 Å². The molecule has 4 atom stereocenters. The van der Waals surface area contributed by atoms with Crippen molar-refractivity contribution in [3.8, 4) is 16.7 Å². The highest BCUT2D eigenvalue weighted by Gasteiger charge is 2.57. The van der Waals surface area contributed by atoms with E-state index in [1.54, 1.807) is 4.90 Å². The molecule has 6 rings (SSSR count). The Bertz CT molecular complexity index is 1240. The zero-order valence-corrected chi connectivity index (χ0v) is 19.5. The molecule has 0 bridgehead atoms. The molecular weight excluding hydrogens is 452 g/mol. The third kappa shape index (κ3) is 3.81. The summed E-state index contributed by atoms with van der Waals surface area (Å²) in [5, 5.41) is 0.390. The number of carbonyl (C=O) groups is 2. The first kappa shape index (κ1) is 21.2. The van der Waals surface area contributed by atoms with Gasteiger partial charge in [0.15, 0.2) is 0 Å². The molecule has 1 aliphatic carbocycles. The van der Waals surface area contributed by atoms with Crippen molar-refractivity contribution >= 4 is 23.2 Å². The van der Waals surface area contributed by atoms with Gasteiger partial charge >= 0.3 is 5.97 Å². The quantitative estimate of drug-likeness (QED) is 0.500. The van der Waals surface area contributed by atoms with Gasteiger partial charge in [-0.1, -0.05) is 41.7 Å². The number of hydrogen-bond donors (Lipinski definition) is 0. The first-order valence-electron chi connectivity index (χ1n) is 11.5. The summed E-state index contributed by atoms with van der Waals surface area (Å²) in [6.45, 7) is 0.589. The van der Waals surface area contributed by atoms with E-state index in [4.69, 9.17) is 14.2 Å². The van der Waals surface area contributed by atoms with Crippen molar-refractivity contribution in [1.82, 2.24) is 9.88 Å². The monoisotopic (exact) mass is 476 g/mol. The number of aromatic nitrogens is 1. The molecule has 1 aromatic heterocycles. The van der Waals surface area contributed by atoms with E-state index in [9.17, 15) is 9.59 Å². The molecule has 34 heavy (non-hydrogen) atoms. The van der Waals surface area contributed by atoms with Crippen molar-refractivity contribution in [2.45, 2.75) is 31.4 Å². The van der Waals surface area contributed by atoms with Gasteiger partial charge in [0, 0.05) is 6.54 Å². The highest BCUT2D eigenvalue weighted by atomic mass is 32.1. The second-order valence-electron chi connectivity index (χ2n) is 9.00. The fourth-order valence-corrected chi connectivity index (χ4v) is 5.82. The molecule has 1 amide bonds. The van der Waals surface area contributed by atoms with Crippen LogP contribution in [0, 0.1) is 11.8 Å². The molecule has 3 aromatic rings.